The van der Waals surface area contributed by atoms with Crippen LogP contribution in [0.5, 0.6) is 0 Å². The minimum atomic E-state index is -3.59. The van der Waals surface area contributed by atoms with Gasteiger partial charge in [-0.25, -0.2) is 13.1 Å². The molecule has 1 unspecified atom stereocenters. The van der Waals surface area contributed by atoms with Crippen LogP contribution in [0.4, 0.5) is 0 Å². The van der Waals surface area contributed by atoms with E-state index in [9.17, 15) is 13.2 Å². The van der Waals surface area contributed by atoms with Crippen LogP contribution in [0.15, 0.2) is 72.1 Å². The Labute approximate surface area is 172 Å². The van der Waals surface area contributed by atoms with Gasteiger partial charge in [0.15, 0.2) is 0 Å². The number of benzene rings is 2. The molecule has 0 aromatic heterocycles. The quantitative estimate of drug-likeness (QED) is 0.652. The highest BCUT2D eigenvalue weighted by Gasteiger charge is 2.22. The first kappa shape index (κ1) is 21.2. The molecular weight excluding hydrogens is 386 g/mol. The summed E-state index contributed by atoms with van der Waals surface area (Å²) >= 11 is 0. The van der Waals surface area contributed by atoms with E-state index >= 15 is 0 Å². The largest absolute Gasteiger partial charge is 0.348 e. The normalized spacial score (nSPS) is 17.6. The van der Waals surface area contributed by atoms with Gasteiger partial charge in [0.25, 0.3) is 5.91 Å². The van der Waals surface area contributed by atoms with E-state index in [2.05, 4.69) is 33.7 Å². The molecule has 2 N–H and O–H groups in total. The third kappa shape index (κ3) is 6.00. The standard InChI is InChI=1S/C22H27N3O3S/c1-2-14-23-29(27,28)21-12-10-19(11-13-21)22(26)24-20-9-6-15-25(17-20)16-18-7-4-3-5-8-18/h2-5,7-8,10-13,20,23H,1,6,9,14-17H2,(H,24,26). The minimum Gasteiger partial charge on any atom is -0.348 e. The molecule has 154 valence electrons. The van der Waals surface area contributed by atoms with E-state index in [4.69, 9.17) is 0 Å². The average Bonchev–Trinajstić information content (AvgIpc) is 2.73. The third-order valence-electron chi connectivity index (χ3n) is 4.93. The molecule has 2 aromatic carbocycles. The molecule has 0 spiro atoms. The first-order valence-electron chi connectivity index (χ1n) is 9.76. The molecule has 0 aliphatic carbocycles. The predicted molar refractivity (Wildman–Crippen MR) is 114 cm³/mol. The Kier molecular flexibility index (Phi) is 7.19. The first-order valence-corrected chi connectivity index (χ1v) is 11.2. The van der Waals surface area contributed by atoms with E-state index in [0.29, 0.717) is 5.56 Å². The zero-order valence-corrected chi connectivity index (χ0v) is 17.2. The Morgan fingerprint density at radius 2 is 1.86 bits per heavy atom. The number of rotatable bonds is 8. The maximum Gasteiger partial charge on any atom is 0.251 e. The zero-order chi connectivity index (χ0) is 20.7. The van der Waals surface area contributed by atoms with Crippen LogP contribution in [0.2, 0.25) is 0 Å². The van der Waals surface area contributed by atoms with Gasteiger partial charge in [-0.3, -0.25) is 9.69 Å². The summed E-state index contributed by atoms with van der Waals surface area (Å²) in [7, 11) is -3.59. The van der Waals surface area contributed by atoms with Crippen LogP contribution < -0.4 is 10.0 Å². The number of nitrogens with one attached hydrogen (secondary N) is 2. The van der Waals surface area contributed by atoms with Crippen LogP contribution in [0.3, 0.4) is 0 Å². The van der Waals surface area contributed by atoms with Crippen molar-refractivity contribution in [1.29, 1.82) is 0 Å². The molecule has 1 atom stereocenters. The molecule has 0 saturated carbocycles. The first-order chi connectivity index (χ1) is 14.0. The fourth-order valence-electron chi connectivity index (χ4n) is 3.46. The molecule has 1 saturated heterocycles. The summed E-state index contributed by atoms with van der Waals surface area (Å²) in [6, 6.07) is 16.4. The Balaban J connectivity index is 1.57. The lowest BCUT2D eigenvalue weighted by molar-refractivity contribution is 0.0900. The van der Waals surface area contributed by atoms with E-state index in [1.165, 1.54) is 23.8 Å². The number of hydrogen-bond acceptors (Lipinski definition) is 4. The highest BCUT2D eigenvalue weighted by atomic mass is 32.2. The minimum absolute atomic E-state index is 0.0811. The van der Waals surface area contributed by atoms with Gasteiger partial charge in [0.05, 0.1) is 4.90 Å². The van der Waals surface area contributed by atoms with Crippen molar-refractivity contribution >= 4 is 15.9 Å². The number of piperidine rings is 1. The highest BCUT2D eigenvalue weighted by Crippen LogP contribution is 2.15. The Hall–Kier alpha value is -2.48. The maximum absolute atomic E-state index is 12.6. The van der Waals surface area contributed by atoms with Crippen LogP contribution in [0.1, 0.15) is 28.8 Å². The number of sulfonamides is 1. The SMILES string of the molecule is C=CCNS(=O)(=O)c1ccc(C(=O)NC2CCCN(Cc3ccccc3)C2)cc1. The van der Waals surface area contributed by atoms with E-state index in [0.717, 1.165) is 32.5 Å². The second-order valence-corrected chi connectivity index (χ2v) is 8.97. The van der Waals surface area contributed by atoms with Gasteiger partial charge in [-0.1, -0.05) is 36.4 Å². The summed E-state index contributed by atoms with van der Waals surface area (Å²) in [5.74, 6) is -0.181. The van der Waals surface area contributed by atoms with Gasteiger partial charge in [0.2, 0.25) is 10.0 Å². The van der Waals surface area contributed by atoms with Gasteiger partial charge in [-0.15, -0.1) is 6.58 Å². The van der Waals surface area contributed by atoms with Crippen molar-refractivity contribution in [3.8, 4) is 0 Å². The fraction of sp³-hybridized carbons (Fsp3) is 0.318. The molecule has 29 heavy (non-hydrogen) atoms. The van der Waals surface area contributed by atoms with Crippen molar-refractivity contribution in [2.45, 2.75) is 30.3 Å². The van der Waals surface area contributed by atoms with E-state index < -0.39 is 10.0 Å². The van der Waals surface area contributed by atoms with Gasteiger partial charge in [0, 0.05) is 31.2 Å². The third-order valence-corrected chi connectivity index (χ3v) is 6.37. The zero-order valence-electron chi connectivity index (χ0n) is 16.4. The molecule has 0 bridgehead atoms. The molecule has 1 aliphatic rings. The van der Waals surface area contributed by atoms with Gasteiger partial charge < -0.3 is 5.32 Å². The van der Waals surface area contributed by atoms with Crippen LogP contribution in [0.25, 0.3) is 0 Å². The summed E-state index contributed by atoms with van der Waals surface area (Å²) in [5, 5.41) is 3.08. The number of carbonyl (C=O) groups excluding carboxylic acids is 1. The molecular formula is C22H27N3O3S. The maximum atomic E-state index is 12.6. The van der Waals surface area contributed by atoms with Crippen molar-refractivity contribution in [3.63, 3.8) is 0 Å². The van der Waals surface area contributed by atoms with Crippen molar-refractivity contribution < 1.29 is 13.2 Å². The number of carbonyl (C=O) groups is 1. The van der Waals surface area contributed by atoms with Gasteiger partial charge in [-0.2, -0.15) is 0 Å². The van der Waals surface area contributed by atoms with E-state index in [1.54, 1.807) is 12.1 Å². The topological polar surface area (TPSA) is 78.5 Å². The number of likely N-dealkylation sites (tertiary alicyclic amines) is 1. The Morgan fingerprint density at radius 3 is 2.55 bits per heavy atom. The van der Waals surface area contributed by atoms with Crippen LogP contribution in [-0.4, -0.2) is 44.9 Å². The molecule has 1 amide bonds. The fourth-order valence-corrected chi connectivity index (χ4v) is 4.46. The monoisotopic (exact) mass is 413 g/mol. The lowest BCUT2D eigenvalue weighted by Gasteiger charge is -2.33. The molecule has 2 aromatic rings. The number of hydrogen-bond donors (Lipinski definition) is 2. The van der Waals surface area contributed by atoms with Crippen molar-refractivity contribution in [3.05, 3.63) is 78.4 Å². The highest BCUT2D eigenvalue weighted by molar-refractivity contribution is 7.89. The van der Waals surface area contributed by atoms with Crippen molar-refractivity contribution in [2.75, 3.05) is 19.6 Å². The predicted octanol–water partition coefficient (Wildman–Crippen LogP) is 2.55. The summed E-state index contributed by atoms with van der Waals surface area (Å²) in [4.78, 5) is 15.1. The molecule has 3 rings (SSSR count). The van der Waals surface area contributed by atoms with Gasteiger partial charge in [0.1, 0.15) is 0 Å². The van der Waals surface area contributed by atoms with E-state index in [1.807, 2.05) is 18.2 Å². The average molecular weight is 414 g/mol. The Morgan fingerprint density at radius 1 is 1.14 bits per heavy atom. The lowest BCUT2D eigenvalue weighted by atomic mass is 10.0. The van der Waals surface area contributed by atoms with Crippen molar-refractivity contribution in [2.24, 2.45) is 0 Å². The summed E-state index contributed by atoms with van der Waals surface area (Å²) in [6.07, 6.45) is 3.45. The van der Waals surface area contributed by atoms with Gasteiger partial charge in [-0.05, 0) is 49.2 Å². The molecule has 1 heterocycles. The van der Waals surface area contributed by atoms with Gasteiger partial charge >= 0.3 is 0 Å². The second kappa shape index (κ2) is 9.82. The van der Waals surface area contributed by atoms with Crippen LogP contribution >= 0.6 is 0 Å². The van der Waals surface area contributed by atoms with E-state index in [-0.39, 0.29) is 23.4 Å². The molecule has 7 heteroatoms. The smallest absolute Gasteiger partial charge is 0.251 e. The molecule has 1 aliphatic heterocycles. The number of nitrogens with zero attached hydrogens (tertiary/aromatic N) is 1. The Bertz CT molecular complexity index is 928. The van der Waals surface area contributed by atoms with Crippen LogP contribution in [-0.2, 0) is 16.6 Å². The van der Waals surface area contributed by atoms with Crippen molar-refractivity contribution in [1.82, 2.24) is 14.9 Å². The number of amides is 1. The molecule has 1 fully saturated rings. The van der Waals surface area contributed by atoms with Crippen LogP contribution in [0, 0.1) is 0 Å². The molecule has 0 radical (unpaired) electrons. The second-order valence-electron chi connectivity index (χ2n) is 7.20. The summed E-state index contributed by atoms with van der Waals surface area (Å²) in [6.45, 7) is 6.35. The summed E-state index contributed by atoms with van der Waals surface area (Å²) < 4.78 is 26.6. The lowest BCUT2D eigenvalue weighted by Crippen LogP contribution is -2.47. The summed E-state index contributed by atoms with van der Waals surface area (Å²) in [5.41, 5.74) is 1.72. The molecule has 6 nitrogen and oxygen atoms in total.